The topological polar surface area (TPSA) is 15.3 Å². The fourth-order valence-electron chi connectivity index (χ4n) is 2.66. The molecule has 0 aliphatic carbocycles. The van der Waals surface area contributed by atoms with Crippen molar-refractivity contribution in [2.45, 2.75) is 39.3 Å². The first-order valence-corrected chi connectivity index (χ1v) is 8.39. The molecular weight excluding hydrogens is 308 g/mol. The molecule has 1 fully saturated rings. The minimum atomic E-state index is 0.620. The van der Waals surface area contributed by atoms with Gasteiger partial charge in [-0.25, -0.2) is 0 Å². The van der Waals surface area contributed by atoms with Crippen molar-refractivity contribution in [2.24, 2.45) is 5.92 Å². The summed E-state index contributed by atoms with van der Waals surface area (Å²) >= 11 is 5.40. The zero-order valence-electron chi connectivity index (χ0n) is 11.4. The summed E-state index contributed by atoms with van der Waals surface area (Å²) in [6, 6.07) is 5.70. The fraction of sp³-hybridized carbons (Fsp3) is 0.714. The van der Waals surface area contributed by atoms with Crippen LogP contribution < -0.4 is 5.32 Å². The van der Waals surface area contributed by atoms with Gasteiger partial charge < -0.3 is 5.32 Å². The molecule has 2 rings (SSSR count). The minimum Gasteiger partial charge on any atom is -0.311 e. The Kier molecular flexibility index (Phi) is 5.24. The van der Waals surface area contributed by atoms with Crippen LogP contribution in [-0.4, -0.2) is 36.6 Å². The lowest BCUT2D eigenvalue weighted by atomic mass is 9.98. The number of rotatable bonds is 4. The molecule has 0 aromatic carbocycles. The van der Waals surface area contributed by atoms with Crippen molar-refractivity contribution in [3.8, 4) is 0 Å². The Labute approximate surface area is 123 Å². The molecule has 0 bridgehead atoms. The van der Waals surface area contributed by atoms with E-state index in [9.17, 15) is 0 Å². The second-order valence-electron chi connectivity index (χ2n) is 5.57. The third-order valence-electron chi connectivity index (χ3n) is 3.70. The lowest BCUT2D eigenvalue weighted by Crippen LogP contribution is -2.57. The van der Waals surface area contributed by atoms with E-state index in [-0.39, 0.29) is 0 Å². The fourth-order valence-corrected chi connectivity index (χ4v) is 4.13. The average Bonchev–Trinajstić information content (AvgIpc) is 2.72. The van der Waals surface area contributed by atoms with Crippen molar-refractivity contribution in [1.82, 2.24) is 10.2 Å². The number of halogens is 1. The molecule has 4 heteroatoms. The maximum absolute atomic E-state index is 3.60. The third-order valence-corrected chi connectivity index (χ3v) is 5.38. The van der Waals surface area contributed by atoms with Crippen molar-refractivity contribution >= 4 is 27.3 Å². The molecule has 0 spiro atoms. The molecule has 1 aromatic heterocycles. The maximum atomic E-state index is 3.60. The summed E-state index contributed by atoms with van der Waals surface area (Å²) in [6.07, 6.45) is 1.17. The van der Waals surface area contributed by atoms with E-state index in [1.54, 1.807) is 0 Å². The molecule has 2 nitrogen and oxygen atoms in total. The zero-order valence-corrected chi connectivity index (χ0v) is 13.9. The van der Waals surface area contributed by atoms with Crippen LogP contribution in [0.15, 0.2) is 15.9 Å². The van der Waals surface area contributed by atoms with E-state index in [1.807, 2.05) is 11.3 Å². The van der Waals surface area contributed by atoms with E-state index in [0.29, 0.717) is 12.1 Å². The Balaban J connectivity index is 1.92. The highest BCUT2D eigenvalue weighted by Crippen LogP contribution is 2.23. The molecule has 1 N–H and O–H groups in total. The van der Waals surface area contributed by atoms with Crippen LogP contribution >= 0.6 is 27.3 Å². The molecule has 0 saturated carbocycles. The molecule has 0 amide bonds. The van der Waals surface area contributed by atoms with Crippen molar-refractivity contribution < 1.29 is 0 Å². The molecule has 18 heavy (non-hydrogen) atoms. The van der Waals surface area contributed by atoms with Crippen LogP contribution in [0.5, 0.6) is 0 Å². The van der Waals surface area contributed by atoms with Crippen LogP contribution in [0.25, 0.3) is 0 Å². The quantitative estimate of drug-likeness (QED) is 0.910. The zero-order chi connectivity index (χ0) is 13.1. The molecule has 1 saturated heterocycles. The number of hydrogen-bond donors (Lipinski definition) is 1. The minimum absolute atomic E-state index is 0.620. The maximum Gasteiger partial charge on any atom is 0.0701 e. The molecule has 1 aliphatic rings. The molecule has 2 atom stereocenters. The molecule has 2 heterocycles. The predicted molar refractivity (Wildman–Crippen MR) is 83.4 cm³/mol. The summed E-state index contributed by atoms with van der Waals surface area (Å²) in [7, 11) is 0. The summed E-state index contributed by atoms with van der Waals surface area (Å²) in [5, 5.41) is 3.60. The Morgan fingerprint density at radius 1 is 1.50 bits per heavy atom. The number of nitrogens with zero attached hydrogens (tertiary/aromatic N) is 1. The second-order valence-corrected chi connectivity index (χ2v) is 8.12. The Bertz CT molecular complexity index is 378. The molecule has 1 aliphatic heterocycles. The van der Waals surface area contributed by atoms with Gasteiger partial charge in [-0.2, -0.15) is 0 Å². The molecule has 0 radical (unpaired) electrons. The van der Waals surface area contributed by atoms with Gasteiger partial charge in [0.25, 0.3) is 0 Å². The van der Waals surface area contributed by atoms with Gasteiger partial charge in [-0.3, -0.25) is 4.90 Å². The Morgan fingerprint density at radius 2 is 2.28 bits per heavy atom. The van der Waals surface area contributed by atoms with Gasteiger partial charge in [0, 0.05) is 36.6 Å². The monoisotopic (exact) mass is 330 g/mol. The highest BCUT2D eigenvalue weighted by molar-refractivity contribution is 9.11. The van der Waals surface area contributed by atoms with Gasteiger partial charge in [-0.1, -0.05) is 13.8 Å². The lowest BCUT2D eigenvalue weighted by molar-refractivity contribution is 0.104. The largest absolute Gasteiger partial charge is 0.311 e. The predicted octanol–water partition coefficient (Wildman–Crippen LogP) is 3.37. The number of hydrogen-bond acceptors (Lipinski definition) is 3. The van der Waals surface area contributed by atoms with E-state index in [4.69, 9.17) is 0 Å². The smallest absolute Gasteiger partial charge is 0.0701 e. The highest BCUT2D eigenvalue weighted by Gasteiger charge is 2.27. The summed E-state index contributed by atoms with van der Waals surface area (Å²) < 4.78 is 1.24. The average molecular weight is 331 g/mol. The van der Waals surface area contributed by atoms with Gasteiger partial charge in [0.15, 0.2) is 0 Å². The van der Waals surface area contributed by atoms with Crippen molar-refractivity contribution in [3.05, 3.63) is 20.8 Å². The third kappa shape index (κ3) is 3.80. The summed E-state index contributed by atoms with van der Waals surface area (Å²) in [4.78, 5) is 4.15. The van der Waals surface area contributed by atoms with E-state index in [1.165, 1.54) is 28.2 Å². The van der Waals surface area contributed by atoms with Crippen LogP contribution in [0.4, 0.5) is 0 Å². The van der Waals surface area contributed by atoms with Gasteiger partial charge in [0.05, 0.1) is 3.79 Å². The standard InChI is InChI=1S/C14H23BrN2S/c1-10(2)13-8-16-11(3)9-17(13)7-6-12-4-5-14(15)18-12/h4-5,10-11,13,16H,6-9H2,1-3H3. The molecule has 102 valence electrons. The van der Waals surface area contributed by atoms with Crippen LogP contribution in [0.2, 0.25) is 0 Å². The first kappa shape index (κ1) is 14.5. The first-order valence-electron chi connectivity index (χ1n) is 6.78. The van der Waals surface area contributed by atoms with Crippen molar-refractivity contribution in [2.75, 3.05) is 19.6 Å². The first-order chi connectivity index (χ1) is 8.56. The number of piperazine rings is 1. The second kappa shape index (κ2) is 6.51. The van der Waals surface area contributed by atoms with Gasteiger partial charge in [-0.05, 0) is 47.3 Å². The summed E-state index contributed by atoms with van der Waals surface area (Å²) in [6.45, 7) is 10.4. The normalized spacial score (nSPS) is 25.8. The van der Waals surface area contributed by atoms with Crippen molar-refractivity contribution in [1.29, 1.82) is 0 Å². The summed E-state index contributed by atoms with van der Waals surface area (Å²) in [5.41, 5.74) is 0. The number of nitrogens with one attached hydrogen (secondary N) is 1. The van der Waals surface area contributed by atoms with E-state index in [0.717, 1.165) is 12.5 Å². The van der Waals surface area contributed by atoms with E-state index >= 15 is 0 Å². The van der Waals surface area contributed by atoms with Crippen LogP contribution in [0, 0.1) is 5.92 Å². The van der Waals surface area contributed by atoms with Gasteiger partial charge >= 0.3 is 0 Å². The van der Waals surface area contributed by atoms with Crippen LogP contribution in [0.1, 0.15) is 25.6 Å². The Morgan fingerprint density at radius 3 is 2.89 bits per heavy atom. The van der Waals surface area contributed by atoms with Crippen LogP contribution in [0.3, 0.4) is 0 Å². The van der Waals surface area contributed by atoms with Gasteiger partial charge in [0.2, 0.25) is 0 Å². The summed E-state index contributed by atoms with van der Waals surface area (Å²) in [5.74, 6) is 0.722. The van der Waals surface area contributed by atoms with Gasteiger partial charge in [-0.15, -0.1) is 11.3 Å². The molecule has 2 unspecified atom stereocenters. The molecular formula is C14H23BrN2S. The van der Waals surface area contributed by atoms with Gasteiger partial charge in [0.1, 0.15) is 0 Å². The van der Waals surface area contributed by atoms with Crippen molar-refractivity contribution in [3.63, 3.8) is 0 Å². The molecule has 1 aromatic rings. The van der Waals surface area contributed by atoms with E-state index < -0.39 is 0 Å². The number of thiophene rings is 1. The van der Waals surface area contributed by atoms with Crippen LogP contribution in [-0.2, 0) is 6.42 Å². The Hall–Kier alpha value is 0.1000. The SMILES string of the molecule is CC1CN(CCc2ccc(Br)s2)C(C(C)C)CN1. The van der Waals surface area contributed by atoms with E-state index in [2.05, 4.69) is 59.1 Å². The highest BCUT2D eigenvalue weighted by atomic mass is 79.9. The lowest BCUT2D eigenvalue weighted by Gasteiger charge is -2.41.